The third-order valence-electron chi connectivity index (χ3n) is 1.18. The first-order chi connectivity index (χ1) is 5.81. The van der Waals surface area contributed by atoms with Crippen molar-refractivity contribution in [2.45, 2.75) is 19.7 Å². The molecule has 0 aliphatic rings. The van der Waals surface area contributed by atoms with E-state index in [9.17, 15) is 14.2 Å². The van der Waals surface area contributed by atoms with Crippen molar-refractivity contribution in [2.24, 2.45) is 0 Å². The first kappa shape index (κ1) is 12.3. The molecule has 0 rings (SSSR count). The molecule has 0 aromatic rings. The van der Waals surface area contributed by atoms with Gasteiger partial charge in [0.1, 0.15) is 0 Å². The van der Waals surface area contributed by atoms with Gasteiger partial charge in [0.25, 0.3) is 5.85 Å². The molecule has 6 nitrogen and oxygen atoms in total. The molecule has 0 aliphatic heterocycles. The van der Waals surface area contributed by atoms with Crippen molar-refractivity contribution >= 4 is 19.3 Å². The first-order valence-corrected chi connectivity index (χ1v) is 5.02. The summed E-state index contributed by atoms with van der Waals surface area (Å²) < 4.78 is 19.6. The zero-order chi connectivity index (χ0) is 10.6. The third-order valence-corrected chi connectivity index (χ3v) is 2.77. The number of rotatable bonds is 4. The second kappa shape index (κ2) is 4.50. The van der Waals surface area contributed by atoms with E-state index in [4.69, 9.17) is 4.89 Å². The van der Waals surface area contributed by atoms with Crippen LogP contribution in [-0.4, -0.2) is 29.6 Å². The Kier molecular flexibility index (Phi) is 4.26. The highest BCUT2D eigenvalue weighted by atomic mass is 31.2. The molecule has 0 fully saturated rings. The summed E-state index contributed by atoms with van der Waals surface area (Å²) in [7, 11) is -3.23. The molecule has 0 aromatic heterocycles. The Morgan fingerprint density at radius 3 is 2.08 bits per heavy atom. The van der Waals surface area contributed by atoms with Crippen LogP contribution in [0.5, 0.6) is 0 Å². The van der Waals surface area contributed by atoms with Crippen molar-refractivity contribution in [1.82, 2.24) is 0 Å². The quantitative estimate of drug-likeness (QED) is 0.530. The fourth-order valence-electron chi connectivity index (χ4n) is 0.632. The molecule has 0 radical (unpaired) electrons. The number of carbonyl (C=O) groups is 2. The van der Waals surface area contributed by atoms with Crippen LogP contribution < -0.4 is 0 Å². The highest BCUT2D eigenvalue weighted by Crippen LogP contribution is 2.47. The van der Waals surface area contributed by atoms with E-state index < -0.39 is 25.2 Å². The highest BCUT2D eigenvalue weighted by Gasteiger charge is 2.38. The predicted octanol–water partition coefficient (Wildman–Crippen LogP) is 0.296. The number of hydrogen-bond donors (Lipinski definition) is 1. The van der Waals surface area contributed by atoms with Crippen molar-refractivity contribution in [3.63, 3.8) is 0 Å². The van der Waals surface area contributed by atoms with Crippen LogP contribution in [0, 0.1) is 0 Å². The summed E-state index contributed by atoms with van der Waals surface area (Å²) in [5.41, 5.74) is 0. The summed E-state index contributed by atoms with van der Waals surface area (Å²) >= 11 is 0. The Morgan fingerprint density at radius 2 is 1.85 bits per heavy atom. The fourth-order valence-corrected chi connectivity index (χ4v) is 1.56. The van der Waals surface area contributed by atoms with Crippen LogP contribution in [0.4, 0.5) is 0 Å². The van der Waals surface area contributed by atoms with Crippen molar-refractivity contribution in [1.29, 1.82) is 0 Å². The monoisotopic (exact) mass is 210 g/mol. The normalized spacial score (nSPS) is 17.2. The Balaban J connectivity index is 4.71. The van der Waals surface area contributed by atoms with Crippen molar-refractivity contribution < 1.29 is 28.3 Å². The molecule has 7 heteroatoms. The van der Waals surface area contributed by atoms with Gasteiger partial charge in [0.2, 0.25) is 0 Å². The van der Waals surface area contributed by atoms with Gasteiger partial charge in [-0.05, 0) is 6.92 Å². The molecule has 0 heterocycles. The molecule has 76 valence electrons. The lowest BCUT2D eigenvalue weighted by Crippen LogP contribution is -2.24. The van der Waals surface area contributed by atoms with E-state index in [1.54, 1.807) is 0 Å². The topological polar surface area (TPSA) is 89.9 Å². The third kappa shape index (κ3) is 3.67. The number of esters is 1. The molecule has 0 bridgehead atoms. The van der Waals surface area contributed by atoms with Crippen LogP contribution in [0.25, 0.3) is 0 Å². The highest BCUT2D eigenvalue weighted by molar-refractivity contribution is 7.54. The molecular weight excluding hydrogens is 199 g/mol. The molecule has 13 heavy (non-hydrogen) atoms. The average Bonchev–Trinajstić information content (AvgIpc) is 1.99. The second-order valence-electron chi connectivity index (χ2n) is 2.32. The van der Waals surface area contributed by atoms with Gasteiger partial charge >= 0.3 is 13.6 Å². The molecular formula is C6H11O6P. The lowest BCUT2D eigenvalue weighted by molar-refractivity contribution is -0.148. The number of hydrogen-bond acceptors (Lipinski definition) is 5. The van der Waals surface area contributed by atoms with Crippen LogP contribution in [0.1, 0.15) is 13.8 Å². The Labute approximate surface area is 75.4 Å². The molecule has 0 saturated carbocycles. The molecule has 1 N–H and O–H groups in total. The van der Waals surface area contributed by atoms with Gasteiger partial charge in [-0.1, -0.05) is 0 Å². The summed E-state index contributed by atoms with van der Waals surface area (Å²) in [6.45, 7) is 2.07. The Bertz CT molecular complexity index is 260. The van der Waals surface area contributed by atoms with Crippen molar-refractivity contribution in [3.05, 3.63) is 0 Å². The smallest absolute Gasteiger partial charge is 0.375 e. The van der Waals surface area contributed by atoms with Crippen LogP contribution in [-0.2, 0) is 23.4 Å². The maximum Gasteiger partial charge on any atom is 0.375 e. The zero-order valence-corrected chi connectivity index (χ0v) is 8.41. The minimum Gasteiger partial charge on any atom is -0.441 e. The van der Waals surface area contributed by atoms with E-state index in [0.29, 0.717) is 0 Å². The van der Waals surface area contributed by atoms with E-state index in [1.165, 1.54) is 0 Å². The molecule has 2 unspecified atom stereocenters. The molecule has 0 spiro atoms. The Hall–Kier alpha value is -0.710. The molecule has 2 atom stereocenters. The second-order valence-corrected chi connectivity index (χ2v) is 4.28. The number of carbonyl (C=O) groups excluding carboxylic acids is 2. The Morgan fingerprint density at radius 1 is 1.38 bits per heavy atom. The van der Waals surface area contributed by atoms with E-state index in [2.05, 4.69) is 9.26 Å². The van der Waals surface area contributed by atoms with Gasteiger partial charge in [-0.25, -0.2) is 0 Å². The lowest BCUT2D eigenvalue weighted by atomic mass is 10.5. The molecule has 0 amide bonds. The number of ketones is 1. The summed E-state index contributed by atoms with van der Waals surface area (Å²) in [6, 6.07) is 0. The fraction of sp³-hybridized carbons (Fsp3) is 0.667. The van der Waals surface area contributed by atoms with Crippen molar-refractivity contribution in [2.75, 3.05) is 7.11 Å². The van der Waals surface area contributed by atoms with Gasteiger partial charge in [0.05, 0.1) is 0 Å². The number of ether oxygens (including phenoxy) is 1. The molecule has 0 aromatic carbocycles. The first-order valence-electron chi connectivity index (χ1n) is 3.37. The van der Waals surface area contributed by atoms with Gasteiger partial charge in [0.15, 0.2) is 5.78 Å². The summed E-state index contributed by atoms with van der Waals surface area (Å²) in [5, 5.41) is 0. The van der Waals surface area contributed by atoms with Gasteiger partial charge < -0.3 is 14.2 Å². The van der Waals surface area contributed by atoms with Crippen LogP contribution >= 0.6 is 7.60 Å². The van der Waals surface area contributed by atoms with Crippen LogP contribution in [0.2, 0.25) is 0 Å². The molecule has 0 saturated heterocycles. The SMILES string of the molecule is COP(=O)(O)C(OC(C)=O)C(C)=O. The summed E-state index contributed by atoms with van der Waals surface area (Å²) in [4.78, 5) is 30.3. The molecule has 0 aliphatic carbocycles. The summed E-state index contributed by atoms with van der Waals surface area (Å²) in [6.07, 6.45) is 0. The largest absolute Gasteiger partial charge is 0.441 e. The van der Waals surface area contributed by atoms with E-state index in [1.807, 2.05) is 0 Å². The average molecular weight is 210 g/mol. The van der Waals surface area contributed by atoms with Crippen LogP contribution in [0.15, 0.2) is 0 Å². The standard InChI is InChI=1S/C6H11O6P/c1-4(7)6(12-5(2)8)13(9,10)11-3/h6H,1-3H3,(H,9,10). The van der Waals surface area contributed by atoms with Crippen molar-refractivity contribution in [3.8, 4) is 0 Å². The predicted molar refractivity (Wildman–Crippen MR) is 43.1 cm³/mol. The van der Waals surface area contributed by atoms with E-state index in [0.717, 1.165) is 21.0 Å². The van der Waals surface area contributed by atoms with Gasteiger partial charge in [0, 0.05) is 14.0 Å². The van der Waals surface area contributed by atoms with E-state index in [-0.39, 0.29) is 0 Å². The number of Topliss-reactive ketones (excluding diaryl/α,β-unsaturated/α-hetero) is 1. The minimum atomic E-state index is -4.19. The summed E-state index contributed by atoms with van der Waals surface area (Å²) in [5.74, 6) is -3.27. The maximum absolute atomic E-state index is 11.1. The van der Waals surface area contributed by atoms with Crippen LogP contribution in [0.3, 0.4) is 0 Å². The lowest BCUT2D eigenvalue weighted by Gasteiger charge is -2.17. The minimum absolute atomic E-state index is 0.733. The van der Waals surface area contributed by atoms with Gasteiger partial charge in [-0.2, -0.15) is 0 Å². The van der Waals surface area contributed by atoms with Gasteiger partial charge in [-0.3, -0.25) is 14.2 Å². The zero-order valence-electron chi connectivity index (χ0n) is 7.51. The van der Waals surface area contributed by atoms with Gasteiger partial charge in [-0.15, -0.1) is 0 Å². The van der Waals surface area contributed by atoms with E-state index >= 15 is 0 Å². The maximum atomic E-state index is 11.1.